The number of likely N-dealkylation sites (N-methyl/N-ethyl adjacent to an activating group) is 1. The fourth-order valence-electron chi connectivity index (χ4n) is 3.96. The molecule has 0 spiro atoms. The Hall–Kier alpha value is -2.73. The van der Waals surface area contributed by atoms with E-state index in [9.17, 15) is 9.90 Å². The van der Waals surface area contributed by atoms with Crippen LogP contribution in [0.3, 0.4) is 0 Å². The number of aliphatic hydroxyl groups is 1. The monoisotopic (exact) mass is 427 g/mol. The van der Waals surface area contributed by atoms with Gasteiger partial charge < -0.3 is 24.2 Å². The molecule has 1 aliphatic rings. The molecule has 2 aromatic carbocycles. The third-order valence-electron chi connectivity index (χ3n) is 6.21. The largest absolute Gasteiger partial charge is 0.493 e. The lowest BCUT2D eigenvalue weighted by atomic mass is 9.90. The zero-order valence-corrected chi connectivity index (χ0v) is 19.0. The molecule has 31 heavy (non-hydrogen) atoms. The molecule has 0 saturated heterocycles. The van der Waals surface area contributed by atoms with Crippen LogP contribution in [0.15, 0.2) is 42.5 Å². The van der Waals surface area contributed by atoms with E-state index >= 15 is 0 Å². The predicted octanol–water partition coefficient (Wildman–Crippen LogP) is 4.18. The number of methoxy groups -OCH3 is 3. The summed E-state index contributed by atoms with van der Waals surface area (Å²) in [5, 5.41) is 10.8. The third-order valence-corrected chi connectivity index (χ3v) is 6.21. The molecule has 2 aromatic rings. The van der Waals surface area contributed by atoms with Gasteiger partial charge in [-0.1, -0.05) is 43.2 Å². The van der Waals surface area contributed by atoms with Crippen LogP contribution >= 0.6 is 0 Å². The van der Waals surface area contributed by atoms with Crippen molar-refractivity contribution in [1.82, 2.24) is 4.90 Å². The molecule has 6 nitrogen and oxygen atoms in total. The minimum atomic E-state index is -0.767. The van der Waals surface area contributed by atoms with Crippen LogP contribution < -0.4 is 14.2 Å². The van der Waals surface area contributed by atoms with E-state index in [-0.39, 0.29) is 17.9 Å². The van der Waals surface area contributed by atoms with Gasteiger partial charge in [-0.25, -0.2) is 0 Å². The Balaban J connectivity index is 1.90. The van der Waals surface area contributed by atoms with E-state index in [0.717, 1.165) is 30.4 Å². The minimum Gasteiger partial charge on any atom is -0.493 e. The molecule has 0 aliphatic heterocycles. The summed E-state index contributed by atoms with van der Waals surface area (Å²) < 4.78 is 16.4. The minimum absolute atomic E-state index is 0.0244. The average Bonchev–Trinajstić information content (AvgIpc) is 3.64. The molecule has 0 unspecified atom stereocenters. The van der Waals surface area contributed by atoms with E-state index in [4.69, 9.17) is 14.2 Å². The third kappa shape index (κ3) is 5.13. The van der Waals surface area contributed by atoms with Gasteiger partial charge in [0.2, 0.25) is 11.7 Å². The summed E-state index contributed by atoms with van der Waals surface area (Å²) in [7, 11) is 6.47. The Kier molecular flexibility index (Phi) is 7.44. The van der Waals surface area contributed by atoms with E-state index in [2.05, 4.69) is 0 Å². The van der Waals surface area contributed by atoms with Gasteiger partial charge in [0, 0.05) is 7.05 Å². The number of carbonyl (C=O) groups is 1. The lowest BCUT2D eigenvalue weighted by Gasteiger charge is -2.32. The van der Waals surface area contributed by atoms with Crippen LogP contribution in [0.4, 0.5) is 0 Å². The highest BCUT2D eigenvalue weighted by Gasteiger charge is 2.35. The topological polar surface area (TPSA) is 68.2 Å². The lowest BCUT2D eigenvalue weighted by molar-refractivity contribution is -0.135. The molecular formula is C25H33NO5. The van der Waals surface area contributed by atoms with Crippen molar-refractivity contribution in [3.8, 4) is 17.2 Å². The number of amides is 1. The maximum atomic E-state index is 13.6. The van der Waals surface area contributed by atoms with Gasteiger partial charge >= 0.3 is 0 Å². The van der Waals surface area contributed by atoms with Crippen LogP contribution in [-0.2, 0) is 4.79 Å². The standard InChI is InChI=1S/C25H33NO5/c1-16(23(27)18-9-7-6-8-10-18)26(2)25(28)20(13-17-11-12-17)19-14-21(29-3)24(31-5)22(15-19)30-4/h6-10,14-17,20,23,27H,11-13H2,1-5H3/t16-,20-,23-/m0/s1. The van der Waals surface area contributed by atoms with E-state index in [1.165, 1.54) is 0 Å². The number of carbonyl (C=O) groups excluding carboxylic acids is 1. The smallest absolute Gasteiger partial charge is 0.230 e. The second-order valence-corrected chi connectivity index (χ2v) is 8.24. The van der Waals surface area contributed by atoms with Crippen LogP contribution in [0.1, 0.15) is 49.3 Å². The summed E-state index contributed by atoms with van der Waals surface area (Å²) in [6.07, 6.45) is 2.27. The zero-order chi connectivity index (χ0) is 22.5. The first-order valence-corrected chi connectivity index (χ1v) is 10.7. The Morgan fingerprint density at radius 2 is 1.61 bits per heavy atom. The Morgan fingerprint density at radius 3 is 2.10 bits per heavy atom. The van der Waals surface area contributed by atoms with Crippen molar-refractivity contribution in [2.45, 2.75) is 44.2 Å². The number of benzene rings is 2. The van der Waals surface area contributed by atoms with Gasteiger partial charge in [0.15, 0.2) is 11.5 Å². The average molecular weight is 428 g/mol. The summed E-state index contributed by atoms with van der Waals surface area (Å²) in [5.74, 6) is 1.74. The van der Waals surface area contributed by atoms with Crippen molar-refractivity contribution in [2.24, 2.45) is 5.92 Å². The van der Waals surface area contributed by atoms with Gasteiger partial charge in [0.05, 0.1) is 39.4 Å². The maximum Gasteiger partial charge on any atom is 0.230 e. The number of rotatable bonds is 10. The van der Waals surface area contributed by atoms with Gasteiger partial charge in [0.1, 0.15) is 0 Å². The maximum absolute atomic E-state index is 13.6. The fourth-order valence-corrected chi connectivity index (χ4v) is 3.96. The molecule has 0 aromatic heterocycles. The molecule has 3 atom stereocenters. The summed E-state index contributed by atoms with van der Waals surface area (Å²) in [6.45, 7) is 1.87. The van der Waals surface area contributed by atoms with Crippen LogP contribution in [0.2, 0.25) is 0 Å². The highest BCUT2D eigenvalue weighted by Crippen LogP contribution is 2.44. The normalized spacial score (nSPS) is 16.2. The molecule has 0 bridgehead atoms. The van der Waals surface area contributed by atoms with Crippen molar-refractivity contribution < 1.29 is 24.1 Å². The van der Waals surface area contributed by atoms with Gasteiger partial charge in [-0.05, 0) is 42.5 Å². The van der Waals surface area contributed by atoms with Crippen molar-refractivity contribution in [3.63, 3.8) is 0 Å². The summed E-state index contributed by atoms with van der Waals surface area (Å²) in [6, 6.07) is 12.8. The highest BCUT2D eigenvalue weighted by molar-refractivity contribution is 5.84. The van der Waals surface area contributed by atoms with Gasteiger partial charge in [-0.3, -0.25) is 4.79 Å². The van der Waals surface area contributed by atoms with E-state index in [1.807, 2.05) is 49.4 Å². The van der Waals surface area contributed by atoms with Crippen LogP contribution in [0.5, 0.6) is 17.2 Å². The first kappa shape index (κ1) is 22.9. The van der Waals surface area contributed by atoms with Crippen LogP contribution in [0.25, 0.3) is 0 Å². The predicted molar refractivity (Wildman–Crippen MR) is 120 cm³/mol. The van der Waals surface area contributed by atoms with E-state index in [1.54, 1.807) is 33.3 Å². The number of ether oxygens (including phenoxy) is 3. The first-order valence-electron chi connectivity index (χ1n) is 10.7. The molecule has 1 N–H and O–H groups in total. The zero-order valence-electron chi connectivity index (χ0n) is 19.0. The SMILES string of the molecule is COc1cc([C@H](CC2CC2)C(=O)N(C)[C@@H](C)[C@H](O)c2ccccc2)cc(OC)c1OC. The highest BCUT2D eigenvalue weighted by atomic mass is 16.5. The molecule has 1 aliphatic carbocycles. The molecule has 1 amide bonds. The van der Waals surface area contributed by atoms with Crippen molar-refractivity contribution in [2.75, 3.05) is 28.4 Å². The van der Waals surface area contributed by atoms with Gasteiger partial charge in [-0.15, -0.1) is 0 Å². The Labute approximate surface area is 184 Å². The van der Waals surface area contributed by atoms with Crippen LogP contribution in [-0.4, -0.2) is 50.3 Å². The fraction of sp³-hybridized carbons (Fsp3) is 0.480. The molecule has 3 rings (SSSR count). The van der Waals surface area contributed by atoms with Gasteiger partial charge in [0.25, 0.3) is 0 Å². The van der Waals surface area contributed by atoms with E-state index in [0.29, 0.717) is 23.2 Å². The Bertz CT molecular complexity index is 856. The molecule has 1 fully saturated rings. The van der Waals surface area contributed by atoms with Crippen molar-refractivity contribution >= 4 is 5.91 Å². The molecule has 168 valence electrons. The quantitative estimate of drug-likeness (QED) is 0.616. The molecular weight excluding hydrogens is 394 g/mol. The number of hydrogen-bond donors (Lipinski definition) is 1. The van der Waals surface area contributed by atoms with Gasteiger partial charge in [-0.2, -0.15) is 0 Å². The first-order chi connectivity index (χ1) is 14.9. The van der Waals surface area contributed by atoms with Crippen molar-refractivity contribution in [1.29, 1.82) is 0 Å². The second-order valence-electron chi connectivity index (χ2n) is 8.24. The molecule has 6 heteroatoms. The molecule has 0 heterocycles. The number of aliphatic hydroxyl groups excluding tert-OH is 1. The number of hydrogen-bond acceptors (Lipinski definition) is 5. The Morgan fingerprint density at radius 1 is 1.03 bits per heavy atom. The van der Waals surface area contributed by atoms with Crippen molar-refractivity contribution in [3.05, 3.63) is 53.6 Å². The second kappa shape index (κ2) is 10.1. The summed E-state index contributed by atoms with van der Waals surface area (Å²) in [5.41, 5.74) is 1.63. The summed E-state index contributed by atoms with van der Waals surface area (Å²) in [4.78, 5) is 15.3. The lowest BCUT2D eigenvalue weighted by Crippen LogP contribution is -2.41. The number of nitrogens with zero attached hydrogens (tertiary/aromatic N) is 1. The molecule has 1 saturated carbocycles. The van der Waals surface area contributed by atoms with Crippen LogP contribution in [0, 0.1) is 5.92 Å². The summed E-state index contributed by atoms with van der Waals surface area (Å²) >= 11 is 0. The van der Waals surface area contributed by atoms with E-state index < -0.39 is 6.10 Å². The molecule has 0 radical (unpaired) electrons.